The quantitative estimate of drug-likeness (QED) is 0.682. The first-order valence-corrected chi connectivity index (χ1v) is 10.5. The maximum absolute atomic E-state index is 13.4. The molecule has 0 fully saturated rings. The molecule has 0 amide bonds. The molecule has 158 valence electrons. The molecule has 0 radical (unpaired) electrons. The predicted octanol–water partition coefficient (Wildman–Crippen LogP) is 5.70. The maximum atomic E-state index is 13.4. The van der Waals surface area contributed by atoms with Crippen molar-refractivity contribution in [2.75, 3.05) is 17.7 Å². The van der Waals surface area contributed by atoms with Crippen molar-refractivity contribution in [3.8, 4) is 11.5 Å². The summed E-state index contributed by atoms with van der Waals surface area (Å²) < 4.78 is 11.8. The first-order valence-electron chi connectivity index (χ1n) is 10.5. The number of Topliss-reactive ketones (excluding diaryl/α,β-unsaturated/α-hetero) is 1. The molecule has 0 bridgehead atoms. The highest BCUT2D eigenvalue weighted by molar-refractivity contribution is 6.01. The van der Waals surface area contributed by atoms with Crippen LogP contribution in [0.1, 0.15) is 52.1 Å². The van der Waals surface area contributed by atoms with Crippen LogP contribution in [0.15, 0.2) is 53.7 Å². The van der Waals surface area contributed by atoms with Crippen molar-refractivity contribution in [3.63, 3.8) is 0 Å². The zero-order chi connectivity index (χ0) is 21.5. The van der Waals surface area contributed by atoms with Gasteiger partial charge in [0.05, 0.1) is 30.6 Å². The van der Waals surface area contributed by atoms with Gasteiger partial charge in [0.1, 0.15) is 0 Å². The van der Waals surface area contributed by atoms with E-state index in [9.17, 15) is 4.79 Å². The topological polar surface area (TPSA) is 59.6 Å². The Labute approximate surface area is 178 Å². The van der Waals surface area contributed by atoms with Crippen LogP contribution in [0, 0.1) is 5.41 Å². The van der Waals surface area contributed by atoms with E-state index in [2.05, 4.69) is 24.5 Å². The van der Waals surface area contributed by atoms with Crippen LogP contribution in [-0.4, -0.2) is 19.0 Å². The van der Waals surface area contributed by atoms with Crippen molar-refractivity contribution in [2.24, 2.45) is 5.41 Å². The second kappa shape index (κ2) is 7.71. The Morgan fingerprint density at radius 1 is 1.03 bits per heavy atom. The average molecular weight is 407 g/mol. The van der Waals surface area contributed by atoms with E-state index in [1.807, 2.05) is 56.3 Å². The maximum Gasteiger partial charge on any atom is 0.167 e. The number of methoxy groups -OCH3 is 1. The number of ether oxygens (including phenoxy) is 2. The Kier molecular flexibility index (Phi) is 5.22. The summed E-state index contributed by atoms with van der Waals surface area (Å²) in [5, 5.41) is 7.18. The number of para-hydroxylation sites is 3. The van der Waals surface area contributed by atoms with Crippen LogP contribution in [-0.2, 0) is 4.79 Å². The van der Waals surface area contributed by atoms with Gasteiger partial charge in [-0.15, -0.1) is 0 Å². The minimum absolute atomic E-state index is 0.0225. The minimum Gasteiger partial charge on any atom is -0.493 e. The molecule has 0 spiro atoms. The fraction of sp³-hybridized carbons (Fsp3) is 0.400. The van der Waals surface area contributed by atoms with E-state index < -0.39 is 0 Å². The molecule has 0 unspecified atom stereocenters. The summed E-state index contributed by atoms with van der Waals surface area (Å²) in [6, 6.07) is 13.6. The number of allylic oxidation sites excluding steroid dienone is 1. The Hall–Kier alpha value is -2.95. The number of benzene rings is 2. The van der Waals surface area contributed by atoms with Gasteiger partial charge in [-0.1, -0.05) is 38.1 Å². The third kappa shape index (κ3) is 3.76. The van der Waals surface area contributed by atoms with E-state index in [0.717, 1.165) is 34.6 Å². The van der Waals surface area contributed by atoms with Crippen LogP contribution in [0.4, 0.5) is 11.4 Å². The van der Waals surface area contributed by atoms with Crippen LogP contribution in [0.5, 0.6) is 11.5 Å². The number of hydrogen-bond acceptors (Lipinski definition) is 5. The molecule has 5 heteroatoms. The second-order valence-corrected chi connectivity index (χ2v) is 9.13. The van der Waals surface area contributed by atoms with Crippen LogP contribution in [0.3, 0.4) is 0 Å². The molecule has 1 atom stereocenters. The van der Waals surface area contributed by atoms with Gasteiger partial charge in [-0.25, -0.2) is 0 Å². The molecule has 5 nitrogen and oxygen atoms in total. The highest BCUT2D eigenvalue weighted by Crippen LogP contribution is 2.48. The number of rotatable bonds is 4. The first kappa shape index (κ1) is 20.3. The average Bonchev–Trinajstić information content (AvgIpc) is 2.83. The zero-order valence-electron chi connectivity index (χ0n) is 18.3. The molecule has 0 saturated carbocycles. The van der Waals surface area contributed by atoms with Gasteiger partial charge in [0.15, 0.2) is 17.3 Å². The van der Waals surface area contributed by atoms with E-state index in [-0.39, 0.29) is 23.3 Å². The lowest BCUT2D eigenvalue weighted by atomic mass is 9.73. The van der Waals surface area contributed by atoms with Gasteiger partial charge in [-0.2, -0.15) is 0 Å². The lowest BCUT2D eigenvalue weighted by Crippen LogP contribution is -2.31. The summed E-state index contributed by atoms with van der Waals surface area (Å²) in [5.41, 5.74) is 4.53. The highest BCUT2D eigenvalue weighted by atomic mass is 16.5. The zero-order valence-corrected chi connectivity index (χ0v) is 18.3. The monoisotopic (exact) mass is 406 g/mol. The molecule has 1 aliphatic heterocycles. The van der Waals surface area contributed by atoms with Gasteiger partial charge < -0.3 is 20.1 Å². The van der Waals surface area contributed by atoms with E-state index in [4.69, 9.17) is 9.47 Å². The van der Waals surface area contributed by atoms with Gasteiger partial charge >= 0.3 is 0 Å². The molecule has 0 aromatic heterocycles. The van der Waals surface area contributed by atoms with Crippen molar-refractivity contribution in [2.45, 2.75) is 52.7 Å². The van der Waals surface area contributed by atoms with Gasteiger partial charge in [0.2, 0.25) is 0 Å². The fourth-order valence-corrected chi connectivity index (χ4v) is 4.41. The molecule has 4 rings (SSSR count). The van der Waals surface area contributed by atoms with Gasteiger partial charge in [0, 0.05) is 23.3 Å². The van der Waals surface area contributed by atoms with Crippen molar-refractivity contribution in [1.82, 2.24) is 0 Å². The SMILES string of the molecule is COc1cccc([C@H]2Nc3ccccc3NC3=C2C(=O)CC(C)(C)C3)c1OC(C)C. The van der Waals surface area contributed by atoms with E-state index in [1.54, 1.807) is 7.11 Å². The van der Waals surface area contributed by atoms with Crippen molar-refractivity contribution >= 4 is 17.2 Å². The molecule has 0 saturated heterocycles. The first-order chi connectivity index (χ1) is 14.3. The smallest absolute Gasteiger partial charge is 0.167 e. The highest BCUT2D eigenvalue weighted by Gasteiger charge is 2.39. The fourth-order valence-electron chi connectivity index (χ4n) is 4.41. The lowest BCUT2D eigenvalue weighted by Gasteiger charge is -2.34. The Morgan fingerprint density at radius 3 is 2.47 bits per heavy atom. The largest absolute Gasteiger partial charge is 0.493 e. The summed E-state index contributed by atoms with van der Waals surface area (Å²) in [4.78, 5) is 13.4. The number of ketones is 1. The van der Waals surface area contributed by atoms with Gasteiger partial charge in [-0.3, -0.25) is 4.79 Å². The number of nitrogens with one attached hydrogen (secondary N) is 2. The number of anilines is 2. The molecule has 1 heterocycles. The molecular weight excluding hydrogens is 376 g/mol. The van der Waals surface area contributed by atoms with Crippen LogP contribution in [0.2, 0.25) is 0 Å². The van der Waals surface area contributed by atoms with Crippen molar-refractivity contribution < 1.29 is 14.3 Å². The molecule has 2 aromatic carbocycles. The van der Waals surface area contributed by atoms with Crippen molar-refractivity contribution in [3.05, 3.63) is 59.3 Å². The summed E-state index contributed by atoms with van der Waals surface area (Å²) in [5.74, 6) is 1.51. The van der Waals surface area contributed by atoms with Gasteiger partial charge in [0.25, 0.3) is 0 Å². The Morgan fingerprint density at radius 2 is 1.77 bits per heavy atom. The van der Waals surface area contributed by atoms with Crippen LogP contribution in [0.25, 0.3) is 0 Å². The molecule has 30 heavy (non-hydrogen) atoms. The molecule has 2 N–H and O–H groups in total. The molecule has 1 aliphatic carbocycles. The summed E-state index contributed by atoms with van der Waals surface area (Å²) in [6.45, 7) is 8.28. The van der Waals surface area contributed by atoms with E-state index >= 15 is 0 Å². The number of hydrogen-bond donors (Lipinski definition) is 2. The lowest BCUT2D eigenvalue weighted by molar-refractivity contribution is -0.118. The van der Waals surface area contributed by atoms with Crippen molar-refractivity contribution in [1.29, 1.82) is 0 Å². The van der Waals surface area contributed by atoms with E-state index in [0.29, 0.717) is 17.9 Å². The normalized spacial score (nSPS) is 19.9. The Bertz CT molecular complexity index is 1010. The predicted molar refractivity (Wildman–Crippen MR) is 120 cm³/mol. The minimum atomic E-state index is -0.330. The second-order valence-electron chi connectivity index (χ2n) is 9.13. The number of fused-ring (bicyclic) bond motifs is 1. The third-order valence-corrected chi connectivity index (χ3v) is 5.61. The van der Waals surface area contributed by atoms with E-state index in [1.165, 1.54) is 0 Å². The summed E-state index contributed by atoms with van der Waals surface area (Å²) in [7, 11) is 1.64. The standard InChI is InChI=1S/C25H30N2O3/c1-15(2)30-24-16(9-8-12-21(24)29-5)23-22-19(13-25(3,4)14-20(22)28)26-17-10-6-7-11-18(17)27-23/h6-12,15,23,26-27H,13-14H2,1-5H3/t23-/m1/s1. The molecular formula is C25H30N2O3. The third-order valence-electron chi connectivity index (χ3n) is 5.61. The van der Waals surface area contributed by atoms with Gasteiger partial charge in [-0.05, 0) is 43.9 Å². The summed E-state index contributed by atoms with van der Waals surface area (Å²) >= 11 is 0. The molecule has 2 aliphatic rings. The van der Waals surface area contributed by atoms with Crippen LogP contribution >= 0.6 is 0 Å². The van der Waals surface area contributed by atoms with Crippen LogP contribution < -0.4 is 20.1 Å². The summed E-state index contributed by atoms with van der Waals surface area (Å²) in [6.07, 6.45) is 1.31. The molecule has 2 aromatic rings. The number of carbonyl (C=O) groups excluding carboxylic acids is 1. The number of carbonyl (C=O) groups is 1. The Balaban J connectivity index is 1.93.